The van der Waals surface area contributed by atoms with Crippen LogP contribution in [0, 0.1) is 0 Å². The van der Waals surface area contributed by atoms with Gasteiger partial charge in [0.05, 0.1) is 12.1 Å². The largest absolute Gasteiger partial charge is 0.478 e. The van der Waals surface area contributed by atoms with Gasteiger partial charge in [-0.3, -0.25) is 0 Å². The molecule has 2 aromatic carbocycles. The lowest BCUT2D eigenvalue weighted by atomic mass is 10.0. The van der Waals surface area contributed by atoms with Crippen molar-refractivity contribution in [2.24, 2.45) is 0 Å². The van der Waals surface area contributed by atoms with E-state index in [-0.39, 0.29) is 0 Å². The minimum absolute atomic E-state index is 0.296. The van der Waals surface area contributed by atoms with Crippen LogP contribution >= 0.6 is 0 Å². The summed E-state index contributed by atoms with van der Waals surface area (Å²) in [5.41, 5.74) is 3.34. The predicted octanol–water partition coefficient (Wildman–Crippen LogP) is 5.72. The van der Waals surface area contributed by atoms with E-state index in [4.69, 9.17) is 10.1 Å². The van der Waals surface area contributed by atoms with Gasteiger partial charge in [0.2, 0.25) is 0 Å². The molecule has 5 heteroatoms. The number of benzene rings is 2. The number of aromatic nitrogens is 3. The molecule has 0 aliphatic rings. The zero-order chi connectivity index (χ0) is 21.0. The molecule has 0 amide bonds. The van der Waals surface area contributed by atoms with E-state index >= 15 is 0 Å². The number of carboxylic acids is 1. The number of rotatable bonds is 8. The monoisotopic (exact) mass is 391 g/mol. The van der Waals surface area contributed by atoms with Crippen molar-refractivity contribution >= 4 is 5.97 Å². The van der Waals surface area contributed by atoms with Gasteiger partial charge in [0, 0.05) is 11.8 Å². The Morgan fingerprint density at radius 1 is 1.00 bits per heavy atom. The summed E-state index contributed by atoms with van der Waals surface area (Å²) in [4.78, 5) is 16.0. The van der Waals surface area contributed by atoms with E-state index in [1.54, 1.807) is 18.2 Å². The highest BCUT2D eigenvalue weighted by Crippen LogP contribution is 2.24. The second-order valence-electron chi connectivity index (χ2n) is 7.69. The van der Waals surface area contributed by atoms with Crippen molar-refractivity contribution in [1.29, 1.82) is 0 Å². The molecule has 3 aromatic rings. The van der Waals surface area contributed by atoms with Crippen LogP contribution in [0.1, 0.15) is 79.9 Å². The zero-order valence-corrected chi connectivity index (χ0v) is 17.6. The smallest absolute Gasteiger partial charge is 0.335 e. The lowest BCUT2D eigenvalue weighted by molar-refractivity contribution is 0.0697. The first-order valence-electron chi connectivity index (χ1n) is 10.3. The highest BCUT2D eigenvalue weighted by atomic mass is 16.4. The molecule has 0 fully saturated rings. The maximum absolute atomic E-state index is 11.2. The van der Waals surface area contributed by atoms with Crippen LogP contribution in [0.4, 0.5) is 0 Å². The summed E-state index contributed by atoms with van der Waals surface area (Å²) < 4.78 is 2.04. The minimum atomic E-state index is -0.913. The van der Waals surface area contributed by atoms with Crippen LogP contribution in [0.5, 0.6) is 0 Å². The van der Waals surface area contributed by atoms with Crippen LogP contribution in [0.3, 0.4) is 0 Å². The van der Waals surface area contributed by atoms with Crippen LogP contribution < -0.4 is 0 Å². The maximum atomic E-state index is 11.2. The molecule has 152 valence electrons. The summed E-state index contributed by atoms with van der Waals surface area (Å²) in [6, 6.07) is 15.2. The van der Waals surface area contributed by atoms with Crippen LogP contribution in [-0.2, 0) is 6.54 Å². The van der Waals surface area contributed by atoms with Gasteiger partial charge in [0.15, 0.2) is 5.82 Å². The van der Waals surface area contributed by atoms with E-state index in [9.17, 15) is 9.90 Å². The first kappa shape index (κ1) is 20.8. The number of hydrogen-bond acceptors (Lipinski definition) is 3. The Morgan fingerprint density at radius 2 is 1.69 bits per heavy atom. The van der Waals surface area contributed by atoms with E-state index in [1.165, 1.54) is 0 Å². The molecule has 0 aliphatic carbocycles. The highest BCUT2D eigenvalue weighted by molar-refractivity contribution is 5.89. The second kappa shape index (κ2) is 9.03. The number of carbonyl (C=O) groups is 1. The van der Waals surface area contributed by atoms with Gasteiger partial charge in [0.25, 0.3) is 0 Å². The van der Waals surface area contributed by atoms with Crippen LogP contribution in [0.2, 0.25) is 0 Å². The van der Waals surface area contributed by atoms with Crippen molar-refractivity contribution in [1.82, 2.24) is 14.8 Å². The summed E-state index contributed by atoms with van der Waals surface area (Å²) in [5.74, 6) is 1.76. The molecule has 2 atom stereocenters. The van der Waals surface area contributed by atoms with Gasteiger partial charge in [-0.05, 0) is 41.7 Å². The van der Waals surface area contributed by atoms with Gasteiger partial charge in [0.1, 0.15) is 5.82 Å². The number of carboxylic acid groups (broad SMARTS) is 1. The number of aromatic carboxylic acids is 1. The average molecular weight is 392 g/mol. The third kappa shape index (κ3) is 4.73. The summed E-state index contributed by atoms with van der Waals surface area (Å²) >= 11 is 0. The molecular weight excluding hydrogens is 362 g/mol. The number of hydrogen-bond donors (Lipinski definition) is 1. The molecule has 1 heterocycles. The molecule has 0 spiro atoms. The Morgan fingerprint density at radius 3 is 2.31 bits per heavy atom. The maximum Gasteiger partial charge on any atom is 0.335 e. The molecule has 0 saturated heterocycles. The molecule has 2 unspecified atom stereocenters. The quantitative estimate of drug-likeness (QED) is 0.533. The molecule has 1 N–H and O–H groups in total. The van der Waals surface area contributed by atoms with Crippen LogP contribution in [-0.4, -0.2) is 25.8 Å². The summed E-state index contributed by atoms with van der Waals surface area (Å²) in [6.45, 7) is 9.37. The van der Waals surface area contributed by atoms with Gasteiger partial charge in [-0.15, -0.1) is 0 Å². The third-order valence-corrected chi connectivity index (χ3v) is 5.55. The van der Waals surface area contributed by atoms with Crippen LogP contribution in [0.25, 0.3) is 11.1 Å². The second-order valence-corrected chi connectivity index (χ2v) is 7.69. The lowest BCUT2D eigenvalue weighted by Crippen LogP contribution is -2.09. The topological polar surface area (TPSA) is 68.0 Å². The van der Waals surface area contributed by atoms with Gasteiger partial charge >= 0.3 is 5.97 Å². The highest BCUT2D eigenvalue weighted by Gasteiger charge is 2.18. The average Bonchev–Trinajstić information content (AvgIpc) is 3.17. The minimum Gasteiger partial charge on any atom is -0.478 e. The molecule has 0 bridgehead atoms. The van der Waals surface area contributed by atoms with Crippen molar-refractivity contribution in [3.05, 3.63) is 71.3 Å². The summed E-state index contributed by atoms with van der Waals surface area (Å²) in [6.07, 6.45) is 2.05. The van der Waals surface area contributed by atoms with Crippen LogP contribution in [0.15, 0.2) is 48.5 Å². The van der Waals surface area contributed by atoms with E-state index < -0.39 is 5.97 Å². The summed E-state index contributed by atoms with van der Waals surface area (Å²) in [5, 5.41) is 14.0. The van der Waals surface area contributed by atoms with Gasteiger partial charge in [-0.2, -0.15) is 5.10 Å². The number of nitrogens with zero attached hydrogens (tertiary/aromatic N) is 3. The predicted molar refractivity (Wildman–Crippen MR) is 115 cm³/mol. The molecule has 3 rings (SSSR count). The van der Waals surface area contributed by atoms with Gasteiger partial charge in [-0.1, -0.05) is 64.1 Å². The Labute approximate surface area is 172 Å². The molecule has 0 aliphatic heterocycles. The van der Waals surface area contributed by atoms with Crippen molar-refractivity contribution in [2.45, 2.75) is 58.9 Å². The van der Waals surface area contributed by atoms with E-state index in [1.807, 2.05) is 22.9 Å². The van der Waals surface area contributed by atoms with E-state index in [2.05, 4.69) is 39.8 Å². The third-order valence-electron chi connectivity index (χ3n) is 5.55. The summed E-state index contributed by atoms with van der Waals surface area (Å²) in [7, 11) is 0. The van der Waals surface area contributed by atoms with Crippen molar-refractivity contribution in [2.75, 3.05) is 0 Å². The normalized spacial score (nSPS) is 13.2. The molecule has 0 radical (unpaired) electrons. The first-order valence-corrected chi connectivity index (χ1v) is 10.3. The lowest BCUT2D eigenvalue weighted by Gasteiger charge is -2.11. The Hall–Kier alpha value is -2.95. The molecule has 1 aromatic heterocycles. The van der Waals surface area contributed by atoms with Gasteiger partial charge in [-0.25, -0.2) is 14.5 Å². The van der Waals surface area contributed by atoms with Crippen molar-refractivity contribution in [3.63, 3.8) is 0 Å². The first-order chi connectivity index (χ1) is 13.9. The fourth-order valence-corrected chi connectivity index (χ4v) is 3.23. The molecule has 29 heavy (non-hydrogen) atoms. The Kier molecular flexibility index (Phi) is 6.47. The zero-order valence-electron chi connectivity index (χ0n) is 17.6. The standard InChI is InChI=1S/C24H29N3O2/c1-5-16(3)22-25-23(17(4)6-2)27(26-22)15-18-10-12-19(13-11-18)20-8-7-9-21(14-20)24(28)29/h7-14,16-17H,5-6,15H2,1-4H3,(H,28,29). The molecular formula is C24H29N3O2. The molecule has 0 saturated carbocycles. The SMILES string of the molecule is CCC(C)c1nc(C(C)CC)n(Cc2ccc(-c3cccc(C(=O)O)c3)cc2)n1. The fraction of sp³-hybridized carbons (Fsp3) is 0.375. The van der Waals surface area contributed by atoms with Crippen molar-refractivity contribution in [3.8, 4) is 11.1 Å². The van der Waals surface area contributed by atoms with E-state index in [0.717, 1.165) is 41.2 Å². The van der Waals surface area contributed by atoms with Gasteiger partial charge < -0.3 is 5.11 Å². The fourth-order valence-electron chi connectivity index (χ4n) is 3.23. The molecule has 5 nitrogen and oxygen atoms in total. The Balaban J connectivity index is 1.85. The Bertz CT molecular complexity index is 976. The van der Waals surface area contributed by atoms with E-state index in [0.29, 0.717) is 23.9 Å². The van der Waals surface area contributed by atoms with Crippen molar-refractivity contribution < 1.29 is 9.90 Å².